The van der Waals surface area contributed by atoms with Crippen LogP contribution in [0.2, 0.25) is 0 Å². The van der Waals surface area contributed by atoms with Crippen LogP contribution >= 0.6 is 0 Å². The van der Waals surface area contributed by atoms with E-state index < -0.39 is 0 Å². The SMILES string of the molecule is CCN(CC)c1cnn(CC(=O)N(C)CCC#N)c(=O)c1. The molecule has 0 spiro atoms. The third kappa shape index (κ3) is 4.60. The first kappa shape index (κ1) is 16.7. The fourth-order valence-corrected chi connectivity index (χ4v) is 1.90. The smallest absolute Gasteiger partial charge is 0.269 e. The number of amides is 1. The van der Waals surface area contributed by atoms with Crippen LogP contribution in [0.15, 0.2) is 17.1 Å². The van der Waals surface area contributed by atoms with Crippen LogP contribution in [0, 0.1) is 11.3 Å². The molecule has 0 bridgehead atoms. The maximum absolute atomic E-state index is 12.0. The molecule has 0 saturated heterocycles. The Bertz CT molecular complexity index is 571. The van der Waals surface area contributed by atoms with Gasteiger partial charge in [-0.1, -0.05) is 0 Å². The largest absolute Gasteiger partial charge is 0.371 e. The number of carbonyl (C=O) groups excluding carboxylic acids is 1. The lowest BCUT2D eigenvalue weighted by Crippen LogP contribution is -2.36. The van der Waals surface area contributed by atoms with E-state index in [0.29, 0.717) is 6.54 Å². The number of carbonyl (C=O) groups is 1. The van der Waals surface area contributed by atoms with Crippen LogP contribution in [0.25, 0.3) is 0 Å². The zero-order valence-electron chi connectivity index (χ0n) is 12.7. The molecule has 0 atom stereocenters. The van der Waals surface area contributed by atoms with Gasteiger partial charge in [-0.2, -0.15) is 10.4 Å². The van der Waals surface area contributed by atoms with Crippen LogP contribution in [-0.2, 0) is 11.3 Å². The third-order valence-corrected chi connectivity index (χ3v) is 3.25. The Morgan fingerprint density at radius 3 is 2.62 bits per heavy atom. The van der Waals surface area contributed by atoms with Gasteiger partial charge in [0.05, 0.1) is 24.4 Å². The first-order valence-electron chi connectivity index (χ1n) is 6.96. The van der Waals surface area contributed by atoms with E-state index in [0.717, 1.165) is 23.5 Å². The summed E-state index contributed by atoms with van der Waals surface area (Å²) in [5, 5.41) is 12.5. The first-order chi connectivity index (χ1) is 10.0. The van der Waals surface area contributed by atoms with Crippen LogP contribution in [0.3, 0.4) is 0 Å². The Kier molecular flexibility index (Phi) is 6.40. The molecule has 0 unspecified atom stereocenters. The molecular formula is C14H21N5O2. The van der Waals surface area contributed by atoms with Crippen molar-refractivity contribution in [1.82, 2.24) is 14.7 Å². The number of nitrogens with zero attached hydrogens (tertiary/aromatic N) is 5. The van der Waals surface area contributed by atoms with Gasteiger partial charge in [0.1, 0.15) is 6.54 Å². The lowest BCUT2D eigenvalue weighted by molar-refractivity contribution is -0.130. The van der Waals surface area contributed by atoms with Gasteiger partial charge in [0.25, 0.3) is 5.56 Å². The van der Waals surface area contributed by atoms with Crippen molar-refractivity contribution in [2.45, 2.75) is 26.8 Å². The van der Waals surface area contributed by atoms with Gasteiger partial charge in [0, 0.05) is 32.7 Å². The summed E-state index contributed by atoms with van der Waals surface area (Å²) < 4.78 is 1.14. The lowest BCUT2D eigenvalue weighted by Gasteiger charge is -2.20. The Morgan fingerprint density at radius 1 is 1.43 bits per heavy atom. The molecular weight excluding hydrogens is 270 g/mol. The zero-order valence-corrected chi connectivity index (χ0v) is 12.7. The van der Waals surface area contributed by atoms with E-state index in [2.05, 4.69) is 5.10 Å². The Morgan fingerprint density at radius 2 is 2.10 bits per heavy atom. The molecule has 0 radical (unpaired) electrons. The topological polar surface area (TPSA) is 82.2 Å². The van der Waals surface area contributed by atoms with Crippen molar-refractivity contribution in [1.29, 1.82) is 5.26 Å². The van der Waals surface area contributed by atoms with Crippen LogP contribution in [-0.4, -0.2) is 47.3 Å². The first-order valence-corrected chi connectivity index (χ1v) is 6.96. The summed E-state index contributed by atoms with van der Waals surface area (Å²) >= 11 is 0. The minimum absolute atomic E-state index is 0.112. The number of aromatic nitrogens is 2. The molecule has 0 fully saturated rings. The Balaban J connectivity index is 2.80. The maximum atomic E-state index is 12.0. The predicted octanol–water partition coefficient (Wildman–Crippen LogP) is 0.462. The molecule has 0 aliphatic heterocycles. The van der Waals surface area contributed by atoms with Gasteiger partial charge in [-0.05, 0) is 13.8 Å². The average Bonchev–Trinajstić information content (AvgIpc) is 2.48. The van der Waals surface area contributed by atoms with Crippen molar-refractivity contribution in [2.24, 2.45) is 0 Å². The van der Waals surface area contributed by atoms with Crippen molar-refractivity contribution in [3.05, 3.63) is 22.6 Å². The zero-order chi connectivity index (χ0) is 15.8. The average molecular weight is 291 g/mol. The summed E-state index contributed by atoms with van der Waals surface area (Å²) in [7, 11) is 1.61. The number of hydrogen-bond acceptors (Lipinski definition) is 5. The minimum atomic E-state index is -0.304. The highest BCUT2D eigenvalue weighted by molar-refractivity contribution is 5.75. The monoisotopic (exact) mass is 291 g/mol. The van der Waals surface area contributed by atoms with Gasteiger partial charge >= 0.3 is 0 Å². The van der Waals surface area contributed by atoms with Crippen molar-refractivity contribution < 1.29 is 4.79 Å². The molecule has 1 aromatic heterocycles. The molecule has 1 heterocycles. The molecule has 0 aromatic carbocycles. The third-order valence-electron chi connectivity index (χ3n) is 3.25. The van der Waals surface area contributed by atoms with E-state index in [1.165, 1.54) is 11.0 Å². The number of hydrogen-bond donors (Lipinski definition) is 0. The highest BCUT2D eigenvalue weighted by Crippen LogP contribution is 2.08. The summed E-state index contributed by atoms with van der Waals surface area (Å²) in [4.78, 5) is 27.3. The van der Waals surface area contributed by atoms with E-state index in [1.54, 1.807) is 13.2 Å². The van der Waals surface area contributed by atoms with E-state index >= 15 is 0 Å². The van der Waals surface area contributed by atoms with Crippen LogP contribution in [0.4, 0.5) is 5.69 Å². The molecule has 7 heteroatoms. The van der Waals surface area contributed by atoms with E-state index in [9.17, 15) is 9.59 Å². The minimum Gasteiger partial charge on any atom is -0.371 e. The second kappa shape index (κ2) is 8.04. The molecule has 0 aliphatic rings. The number of likely N-dealkylation sites (N-methyl/N-ethyl adjacent to an activating group) is 1. The maximum Gasteiger partial charge on any atom is 0.269 e. The predicted molar refractivity (Wildman–Crippen MR) is 79.9 cm³/mol. The van der Waals surface area contributed by atoms with Crippen LogP contribution < -0.4 is 10.5 Å². The van der Waals surface area contributed by atoms with E-state index in [4.69, 9.17) is 5.26 Å². The van der Waals surface area contributed by atoms with Crippen LogP contribution in [0.1, 0.15) is 20.3 Å². The highest BCUT2D eigenvalue weighted by atomic mass is 16.2. The summed E-state index contributed by atoms with van der Waals surface area (Å²) in [5.74, 6) is -0.240. The van der Waals surface area contributed by atoms with Gasteiger partial charge < -0.3 is 9.80 Å². The molecule has 1 amide bonds. The second-order valence-corrected chi connectivity index (χ2v) is 4.61. The summed E-state index contributed by atoms with van der Waals surface area (Å²) in [6.45, 7) is 5.82. The number of anilines is 1. The van der Waals surface area contributed by atoms with Gasteiger partial charge in [0.15, 0.2) is 0 Å². The van der Waals surface area contributed by atoms with Gasteiger partial charge in [-0.3, -0.25) is 9.59 Å². The lowest BCUT2D eigenvalue weighted by atomic mass is 10.3. The molecule has 1 aromatic rings. The molecule has 114 valence electrons. The highest BCUT2D eigenvalue weighted by Gasteiger charge is 2.12. The Hall–Kier alpha value is -2.36. The second-order valence-electron chi connectivity index (χ2n) is 4.61. The van der Waals surface area contributed by atoms with Crippen molar-refractivity contribution in [3.8, 4) is 6.07 Å². The molecule has 21 heavy (non-hydrogen) atoms. The molecule has 1 rings (SSSR count). The standard InChI is InChI=1S/C14H21N5O2/c1-4-18(5-2)12-9-13(20)19(16-10-12)11-14(21)17(3)8-6-7-15/h9-10H,4-6,8,11H2,1-3H3. The molecule has 0 aliphatic carbocycles. The van der Waals surface area contributed by atoms with E-state index in [-0.39, 0.29) is 24.4 Å². The normalized spacial score (nSPS) is 10.0. The van der Waals surface area contributed by atoms with Gasteiger partial charge in [-0.25, -0.2) is 4.68 Å². The van der Waals surface area contributed by atoms with Crippen LogP contribution in [0.5, 0.6) is 0 Å². The summed E-state index contributed by atoms with van der Waals surface area (Å²) in [5.41, 5.74) is 0.452. The molecule has 0 saturated carbocycles. The van der Waals surface area contributed by atoms with Crippen molar-refractivity contribution >= 4 is 11.6 Å². The number of rotatable bonds is 7. The van der Waals surface area contributed by atoms with Gasteiger partial charge in [0.2, 0.25) is 5.91 Å². The van der Waals surface area contributed by atoms with E-state index in [1.807, 2.05) is 24.8 Å². The van der Waals surface area contributed by atoms with Crippen molar-refractivity contribution in [3.63, 3.8) is 0 Å². The quantitative estimate of drug-likeness (QED) is 0.729. The van der Waals surface area contributed by atoms with Gasteiger partial charge in [-0.15, -0.1) is 0 Å². The molecule has 0 N–H and O–H groups in total. The summed E-state index contributed by atoms with van der Waals surface area (Å²) in [6, 6.07) is 3.47. The summed E-state index contributed by atoms with van der Waals surface area (Å²) in [6.07, 6.45) is 1.86. The fraction of sp³-hybridized carbons (Fsp3) is 0.571. The van der Waals surface area contributed by atoms with Crippen molar-refractivity contribution in [2.75, 3.05) is 31.6 Å². The number of nitriles is 1. The molecule has 7 nitrogen and oxygen atoms in total. The Labute approximate surface area is 124 Å². The fourth-order valence-electron chi connectivity index (χ4n) is 1.90.